The Morgan fingerprint density at radius 2 is 1.67 bits per heavy atom. The number of fused-ring (bicyclic) bond motifs is 3. The summed E-state index contributed by atoms with van der Waals surface area (Å²) in [6.45, 7) is 5.35. The highest BCUT2D eigenvalue weighted by molar-refractivity contribution is 6.85. The minimum atomic E-state index is -1.07. The lowest BCUT2D eigenvalue weighted by atomic mass is 9.35. The summed E-state index contributed by atoms with van der Waals surface area (Å²) in [6.07, 6.45) is 5.31. The molecule has 3 nitrogen and oxygen atoms in total. The van der Waals surface area contributed by atoms with Crippen molar-refractivity contribution in [3.63, 3.8) is 0 Å². The first-order valence-electron chi connectivity index (χ1n) is 8.89. The molecule has 0 bridgehead atoms. The predicted octanol–water partition coefficient (Wildman–Crippen LogP) is 3.40. The van der Waals surface area contributed by atoms with Crippen molar-refractivity contribution < 1.29 is 9.22 Å². The molecule has 0 amide bonds. The third kappa shape index (κ3) is 2.25. The van der Waals surface area contributed by atoms with Gasteiger partial charge in [0, 0.05) is 0 Å². The van der Waals surface area contributed by atoms with Crippen LogP contribution < -0.4 is 14.9 Å². The topological polar surface area (TPSA) is 18.0 Å². The molecule has 122 valence electrons. The molecule has 2 aromatic carbocycles. The molecular weight excluding hydrogens is 295 g/mol. The van der Waals surface area contributed by atoms with Crippen molar-refractivity contribution in [2.45, 2.75) is 33.0 Å². The Bertz CT molecular complexity index is 853. The third-order valence-corrected chi connectivity index (χ3v) is 5.40. The summed E-state index contributed by atoms with van der Waals surface area (Å²) in [5, 5.41) is 0. The summed E-state index contributed by atoms with van der Waals surface area (Å²) in [5.74, 6) is 0.996. The monoisotopic (exact) mass is 318 g/mol. The van der Waals surface area contributed by atoms with Gasteiger partial charge < -0.3 is 4.65 Å². The van der Waals surface area contributed by atoms with Crippen molar-refractivity contribution >= 4 is 12.1 Å². The minimum Gasteiger partial charge on any atom is -0.701 e. The molecule has 0 saturated carbocycles. The SMILES string of the molecule is CC[B-]1(CC)Oc2ccccc2-n2cc[n+](Cc3ccccc3)c21. The maximum absolute atomic E-state index is 6.60. The van der Waals surface area contributed by atoms with Gasteiger partial charge in [0.2, 0.25) is 0 Å². The molecule has 0 unspecified atom stereocenters. The van der Waals surface area contributed by atoms with Gasteiger partial charge in [-0.2, -0.15) is 0 Å². The van der Waals surface area contributed by atoms with E-state index in [9.17, 15) is 0 Å². The van der Waals surface area contributed by atoms with Gasteiger partial charge in [-0.05, 0) is 17.7 Å². The van der Waals surface area contributed by atoms with Crippen LogP contribution in [0.1, 0.15) is 19.4 Å². The highest BCUT2D eigenvalue weighted by atomic mass is 16.4. The predicted molar refractivity (Wildman–Crippen MR) is 98.5 cm³/mol. The first kappa shape index (κ1) is 15.1. The Kier molecular flexibility index (Phi) is 3.68. The van der Waals surface area contributed by atoms with Crippen molar-refractivity contribution in [3.8, 4) is 11.4 Å². The van der Waals surface area contributed by atoms with Gasteiger partial charge in [-0.3, -0.25) is 4.57 Å². The molecule has 0 atom stereocenters. The summed E-state index contributed by atoms with van der Waals surface area (Å²) in [6, 6.07) is 19.0. The molecule has 2 heterocycles. The third-order valence-electron chi connectivity index (χ3n) is 5.40. The van der Waals surface area contributed by atoms with E-state index in [2.05, 4.69) is 90.0 Å². The summed E-state index contributed by atoms with van der Waals surface area (Å²) in [5.41, 5.74) is 3.74. The van der Waals surface area contributed by atoms with Gasteiger partial charge in [-0.15, -0.1) is 12.6 Å². The molecule has 1 aliphatic heterocycles. The number of para-hydroxylation sites is 2. The second-order valence-corrected chi connectivity index (χ2v) is 6.69. The van der Waals surface area contributed by atoms with Crippen molar-refractivity contribution in [3.05, 3.63) is 72.6 Å². The normalized spacial score (nSPS) is 14.6. The van der Waals surface area contributed by atoms with Gasteiger partial charge in [0.1, 0.15) is 30.4 Å². The van der Waals surface area contributed by atoms with Crippen LogP contribution in [0.2, 0.25) is 12.6 Å². The molecule has 0 aliphatic carbocycles. The van der Waals surface area contributed by atoms with Crippen LogP contribution in [0.4, 0.5) is 0 Å². The fourth-order valence-electron chi connectivity index (χ4n) is 3.98. The summed E-state index contributed by atoms with van der Waals surface area (Å²) >= 11 is 0. The molecular formula is C20H23BN2O. The van der Waals surface area contributed by atoms with E-state index < -0.39 is 6.35 Å². The molecule has 0 N–H and O–H groups in total. The van der Waals surface area contributed by atoms with Crippen LogP contribution in [0.15, 0.2) is 67.0 Å². The Morgan fingerprint density at radius 1 is 0.958 bits per heavy atom. The van der Waals surface area contributed by atoms with Crippen molar-refractivity contribution in [1.29, 1.82) is 0 Å². The Hall–Kier alpha value is -2.49. The zero-order valence-corrected chi connectivity index (χ0v) is 14.4. The summed E-state index contributed by atoms with van der Waals surface area (Å²) < 4.78 is 11.3. The first-order valence-corrected chi connectivity index (χ1v) is 8.89. The highest BCUT2D eigenvalue weighted by Gasteiger charge is 2.42. The maximum Gasteiger partial charge on any atom is 0.283 e. The van der Waals surface area contributed by atoms with E-state index in [1.54, 1.807) is 0 Å². The quantitative estimate of drug-likeness (QED) is 0.533. The van der Waals surface area contributed by atoms with Crippen LogP contribution in [0.5, 0.6) is 5.75 Å². The molecule has 4 heteroatoms. The van der Waals surface area contributed by atoms with E-state index in [1.165, 1.54) is 11.3 Å². The smallest absolute Gasteiger partial charge is 0.283 e. The number of hydrogen-bond donors (Lipinski definition) is 0. The molecule has 3 aromatic rings. The molecule has 0 spiro atoms. The zero-order chi connectivity index (χ0) is 16.6. The Balaban J connectivity index is 1.88. The number of benzene rings is 2. The number of nitrogens with zero attached hydrogens (tertiary/aromatic N) is 2. The van der Waals surface area contributed by atoms with E-state index in [0.29, 0.717) is 0 Å². The average Bonchev–Trinajstić information content (AvgIpc) is 3.06. The van der Waals surface area contributed by atoms with Crippen molar-refractivity contribution in [2.75, 3.05) is 0 Å². The van der Waals surface area contributed by atoms with E-state index in [0.717, 1.165) is 30.6 Å². The Labute approximate surface area is 143 Å². The number of imidazole rings is 1. The fraction of sp³-hybridized carbons (Fsp3) is 0.250. The van der Waals surface area contributed by atoms with Crippen LogP contribution in [0.3, 0.4) is 0 Å². The minimum absolute atomic E-state index is 0.873. The second kappa shape index (κ2) is 5.86. The summed E-state index contributed by atoms with van der Waals surface area (Å²) in [7, 11) is 0. The lowest BCUT2D eigenvalue weighted by molar-refractivity contribution is -0.671. The van der Waals surface area contributed by atoms with E-state index in [1.807, 2.05) is 0 Å². The van der Waals surface area contributed by atoms with Gasteiger partial charge in [-0.25, -0.2) is 4.57 Å². The first-order chi connectivity index (χ1) is 11.8. The van der Waals surface area contributed by atoms with Gasteiger partial charge in [0.05, 0.1) is 0 Å². The highest BCUT2D eigenvalue weighted by Crippen LogP contribution is 2.32. The van der Waals surface area contributed by atoms with Crippen LogP contribution >= 0.6 is 0 Å². The molecule has 0 fully saturated rings. The van der Waals surface area contributed by atoms with Crippen LogP contribution in [0, 0.1) is 0 Å². The van der Waals surface area contributed by atoms with Crippen LogP contribution in [-0.4, -0.2) is 10.9 Å². The number of hydrogen-bond acceptors (Lipinski definition) is 1. The Morgan fingerprint density at radius 3 is 2.42 bits per heavy atom. The fourth-order valence-corrected chi connectivity index (χ4v) is 3.98. The van der Waals surface area contributed by atoms with Gasteiger partial charge in [0.25, 0.3) is 6.35 Å². The average molecular weight is 318 g/mol. The molecule has 0 radical (unpaired) electrons. The molecule has 24 heavy (non-hydrogen) atoms. The van der Waals surface area contributed by atoms with Crippen LogP contribution in [0.25, 0.3) is 5.69 Å². The van der Waals surface area contributed by atoms with E-state index in [4.69, 9.17) is 4.65 Å². The standard InChI is InChI=1S/C20H23BN2O/c1-3-21(4-2)20-22(16-17-10-6-5-7-11-17)14-15-23(20)18-12-8-9-13-19(18)24-21/h5-15H,3-4,16H2,1-2H3. The van der Waals surface area contributed by atoms with Crippen LogP contribution in [-0.2, 0) is 6.54 Å². The molecule has 1 aliphatic rings. The maximum atomic E-state index is 6.60. The lowest BCUT2D eigenvalue weighted by Gasteiger charge is -2.41. The van der Waals surface area contributed by atoms with E-state index in [-0.39, 0.29) is 0 Å². The number of rotatable bonds is 4. The van der Waals surface area contributed by atoms with E-state index >= 15 is 0 Å². The second-order valence-electron chi connectivity index (χ2n) is 6.69. The lowest BCUT2D eigenvalue weighted by Crippen LogP contribution is -2.69. The molecule has 0 saturated heterocycles. The van der Waals surface area contributed by atoms with Gasteiger partial charge in [0.15, 0.2) is 5.69 Å². The number of aromatic nitrogens is 2. The summed E-state index contributed by atoms with van der Waals surface area (Å²) in [4.78, 5) is 0. The molecule has 1 aromatic heterocycles. The largest absolute Gasteiger partial charge is 0.701 e. The van der Waals surface area contributed by atoms with Crippen molar-refractivity contribution in [1.82, 2.24) is 4.57 Å². The zero-order valence-electron chi connectivity index (χ0n) is 14.4. The molecule has 4 rings (SSSR count). The van der Waals surface area contributed by atoms with Crippen molar-refractivity contribution in [2.24, 2.45) is 0 Å². The van der Waals surface area contributed by atoms with Gasteiger partial charge in [-0.1, -0.05) is 56.3 Å². The van der Waals surface area contributed by atoms with Gasteiger partial charge >= 0.3 is 0 Å².